The van der Waals surface area contributed by atoms with Crippen molar-refractivity contribution >= 4 is 23.0 Å². The van der Waals surface area contributed by atoms with Gasteiger partial charge in [-0.1, -0.05) is 35.9 Å². The monoisotopic (exact) mass is 246 g/mol. The molecule has 88 valence electrons. The molecule has 0 saturated heterocycles. The third kappa shape index (κ3) is 2.92. The lowest BCUT2D eigenvalue weighted by Gasteiger charge is -2.19. The first-order chi connectivity index (χ1) is 8.16. The Kier molecular flexibility index (Phi) is 3.55. The van der Waals surface area contributed by atoms with Crippen molar-refractivity contribution in [1.29, 1.82) is 0 Å². The van der Waals surface area contributed by atoms with Gasteiger partial charge in [-0.05, 0) is 29.8 Å². The van der Waals surface area contributed by atoms with Crippen LogP contribution in [-0.4, -0.2) is 7.05 Å². The zero-order valence-corrected chi connectivity index (χ0v) is 10.5. The van der Waals surface area contributed by atoms with Gasteiger partial charge in [-0.2, -0.15) is 0 Å². The molecule has 0 heterocycles. The summed E-state index contributed by atoms with van der Waals surface area (Å²) in [6, 6.07) is 16.0. The summed E-state index contributed by atoms with van der Waals surface area (Å²) in [6.07, 6.45) is 0. The molecule has 17 heavy (non-hydrogen) atoms. The lowest BCUT2D eigenvalue weighted by molar-refractivity contribution is 0.924. The molecule has 2 nitrogen and oxygen atoms in total. The van der Waals surface area contributed by atoms with E-state index in [1.54, 1.807) is 0 Å². The van der Waals surface area contributed by atoms with E-state index < -0.39 is 0 Å². The van der Waals surface area contributed by atoms with Gasteiger partial charge >= 0.3 is 0 Å². The highest BCUT2D eigenvalue weighted by Gasteiger charge is 2.03. The van der Waals surface area contributed by atoms with Crippen molar-refractivity contribution in [3.8, 4) is 0 Å². The van der Waals surface area contributed by atoms with Gasteiger partial charge in [-0.15, -0.1) is 0 Å². The van der Waals surface area contributed by atoms with Crippen LogP contribution in [0, 0.1) is 0 Å². The number of nitrogen functional groups attached to an aromatic ring is 1. The van der Waals surface area contributed by atoms with E-state index in [-0.39, 0.29) is 0 Å². The smallest absolute Gasteiger partial charge is 0.0635 e. The highest BCUT2D eigenvalue weighted by Crippen LogP contribution is 2.21. The number of rotatable bonds is 3. The van der Waals surface area contributed by atoms with E-state index in [1.165, 1.54) is 5.69 Å². The minimum atomic E-state index is 0.608. The van der Waals surface area contributed by atoms with Crippen molar-refractivity contribution in [1.82, 2.24) is 0 Å². The molecule has 0 spiro atoms. The predicted molar refractivity (Wildman–Crippen MR) is 74.4 cm³/mol. The Morgan fingerprint density at radius 2 is 1.82 bits per heavy atom. The molecule has 2 N–H and O–H groups in total. The number of halogens is 1. The van der Waals surface area contributed by atoms with Crippen LogP contribution in [0.25, 0.3) is 0 Å². The van der Waals surface area contributed by atoms with Crippen molar-refractivity contribution in [2.75, 3.05) is 17.7 Å². The second-order valence-electron chi connectivity index (χ2n) is 4.05. The predicted octanol–water partition coefficient (Wildman–Crippen LogP) is 3.56. The van der Waals surface area contributed by atoms with E-state index in [0.717, 1.165) is 12.1 Å². The molecule has 0 saturated carbocycles. The Balaban J connectivity index is 2.13. The standard InChI is InChI=1S/C14H15ClN2/c1-17(12-5-3-2-4-6-12)10-11-7-8-13(15)14(16)9-11/h2-9H,10,16H2,1H3. The molecule has 2 aromatic carbocycles. The van der Waals surface area contributed by atoms with Crippen LogP contribution in [0.5, 0.6) is 0 Å². The summed E-state index contributed by atoms with van der Waals surface area (Å²) in [5.74, 6) is 0. The van der Waals surface area contributed by atoms with Crippen LogP contribution in [0.15, 0.2) is 48.5 Å². The molecule has 2 rings (SSSR count). The molecule has 0 fully saturated rings. The maximum Gasteiger partial charge on any atom is 0.0635 e. The first-order valence-electron chi connectivity index (χ1n) is 5.47. The van der Waals surface area contributed by atoms with Gasteiger partial charge in [0.25, 0.3) is 0 Å². The van der Waals surface area contributed by atoms with Crippen LogP contribution in [0.3, 0.4) is 0 Å². The van der Waals surface area contributed by atoms with Gasteiger partial charge in [0.2, 0.25) is 0 Å². The molecule has 0 aliphatic carbocycles. The first kappa shape index (κ1) is 11.8. The molecular formula is C14H15ClN2. The lowest BCUT2D eigenvalue weighted by Crippen LogP contribution is -2.16. The van der Waals surface area contributed by atoms with E-state index in [4.69, 9.17) is 17.3 Å². The van der Waals surface area contributed by atoms with Gasteiger partial charge in [0.05, 0.1) is 10.7 Å². The zero-order chi connectivity index (χ0) is 12.3. The number of nitrogens with two attached hydrogens (primary N) is 1. The Morgan fingerprint density at radius 1 is 1.12 bits per heavy atom. The van der Waals surface area contributed by atoms with E-state index in [9.17, 15) is 0 Å². The molecule has 0 amide bonds. The summed E-state index contributed by atoms with van der Waals surface area (Å²) in [5.41, 5.74) is 8.75. The summed E-state index contributed by atoms with van der Waals surface area (Å²) in [7, 11) is 2.06. The van der Waals surface area contributed by atoms with E-state index in [0.29, 0.717) is 10.7 Å². The molecule has 0 radical (unpaired) electrons. The highest BCUT2D eigenvalue weighted by atomic mass is 35.5. The van der Waals surface area contributed by atoms with Crippen LogP contribution in [0.1, 0.15) is 5.56 Å². The maximum atomic E-state index is 5.90. The van der Waals surface area contributed by atoms with Gasteiger partial charge in [-0.25, -0.2) is 0 Å². The summed E-state index contributed by atoms with van der Waals surface area (Å²) >= 11 is 5.90. The van der Waals surface area contributed by atoms with Crippen molar-refractivity contribution in [3.63, 3.8) is 0 Å². The number of para-hydroxylation sites is 1. The van der Waals surface area contributed by atoms with Gasteiger partial charge in [0.1, 0.15) is 0 Å². The van der Waals surface area contributed by atoms with E-state index in [1.807, 2.05) is 36.4 Å². The van der Waals surface area contributed by atoms with Crippen LogP contribution in [-0.2, 0) is 6.54 Å². The highest BCUT2D eigenvalue weighted by molar-refractivity contribution is 6.33. The van der Waals surface area contributed by atoms with E-state index >= 15 is 0 Å². The summed E-state index contributed by atoms with van der Waals surface area (Å²) in [5, 5.41) is 0.608. The molecule has 0 atom stereocenters. The number of anilines is 2. The fourth-order valence-corrected chi connectivity index (χ4v) is 1.86. The fourth-order valence-electron chi connectivity index (χ4n) is 1.74. The topological polar surface area (TPSA) is 29.3 Å². The Morgan fingerprint density at radius 3 is 2.47 bits per heavy atom. The van der Waals surface area contributed by atoms with Crippen molar-refractivity contribution < 1.29 is 0 Å². The molecule has 0 aliphatic rings. The van der Waals surface area contributed by atoms with Gasteiger partial charge in [-0.3, -0.25) is 0 Å². The van der Waals surface area contributed by atoms with Crippen molar-refractivity contribution in [2.45, 2.75) is 6.54 Å². The lowest BCUT2D eigenvalue weighted by atomic mass is 10.2. The van der Waals surface area contributed by atoms with E-state index in [2.05, 4.69) is 24.1 Å². The molecule has 0 aliphatic heterocycles. The Hall–Kier alpha value is -1.67. The second-order valence-corrected chi connectivity index (χ2v) is 4.45. The van der Waals surface area contributed by atoms with Crippen LogP contribution >= 0.6 is 11.6 Å². The largest absolute Gasteiger partial charge is 0.398 e. The third-order valence-corrected chi connectivity index (χ3v) is 3.02. The van der Waals surface area contributed by atoms with Crippen molar-refractivity contribution in [3.05, 3.63) is 59.1 Å². The second kappa shape index (κ2) is 5.11. The summed E-state index contributed by atoms with van der Waals surface area (Å²) < 4.78 is 0. The SMILES string of the molecule is CN(Cc1ccc(Cl)c(N)c1)c1ccccc1. The molecule has 0 bridgehead atoms. The third-order valence-electron chi connectivity index (χ3n) is 2.68. The number of nitrogens with zero attached hydrogens (tertiary/aromatic N) is 1. The molecule has 0 aromatic heterocycles. The van der Waals surface area contributed by atoms with Gasteiger partial charge < -0.3 is 10.6 Å². The average Bonchev–Trinajstić information content (AvgIpc) is 2.35. The number of benzene rings is 2. The number of hydrogen-bond acceptors (Lipinski definition) is 2. The molecular weight excluding hydrogens is 232 g/mol. The minimum Gasteiger partial charge on any atom is -0.398 e. The number of hydrogen-bond donors (Lipinski definition) is 1. The molecule has 2 aromatic rings. The summed E-state index contributed by atoms with van der Waals surface area (Å²) in [4.78, 5) is 2.17. The maximum absolute atomic E-state index is 5.90. The summed E-state index contributed by atoms with van der Waals surface area (Å²) in [6.45, 7) is 0.811. The minimum absolute atomic E-state index is 0.608. The Labute approximate surface area is 107 Å². The average molecular weight is 247 g/mol. The Bertz CT molecular complexity index is 497. The molecule has 0 unspecified atom stereocenters. The van der Waals surface area contributed by atoms with Gasteiger partial charge in [0.15, 0.2) is 0 Å². The van der Waals surface area contributed by atoms with Crippen molar-refractivity contribution in [2.24, 2.45) is 0 Å². The van der Waals surface area contributed by atoms with Crippen LogP contribution in [0.2, 0.25) is 5.02 Å². The van der Waals surface area contributed by atoms with Crippen LogP contribution < -0.4 is 10.6 Å². The first-order valence-corrected chi connectivity index (χ1v) is 5.84. The van der Waals surface area contributed by atoms with Crippen LogP contribution in [0.4, 0.5) is 11.4 Å². The van der Waals surface area contributed by atoms with Gasteiger partial charge in [0, 0.05) is 19.3 Å². The fraction of sp³-hybridized carbons (Fsp3) is 0.143. The molecule has 3 heteroatoms. The quantitative estimate of drug-likeness (QED) is 0.840. The normalized spacial score (nSPS) is 10.2. The zero-order valence-electron chi connectivity index (χ0n) is 9.73.